The number of hydrogen-bond donors (Lipinski definition) is 0. The Morgan fingerprint density at radius 2 is 1.22 bits per heavy atom. The molecule has 0 heterocycles. The van der Waals surface area contributed by atoms with Crippen molar-refractivity contribution in [2.24, 2.45) is 11.8 Å². The summed E-state index contributed by atoms with van der Waals surface area (Å²) in [7, 11) is -4.14. The molecule has 0 N–H and O–H groups in total. The second kappa shape index (κ2) is 18.4. The van der Waals surface area contributed by atoms with E-state index in [0.29, 0.717) is 11.8 Å². The first-order valence-corrected chi connectivity index (χ1v) is 10.0. The maximum atomic E-state index is 11.8. The van der Waals surface area contributed by atoms with Crippen LogP contribution in [0.25, 0.3) is 0 Å². The van der Waals surface area contributed by atoms with Crippen molar-refractivity contribution in [3.8, 4) is 0 Å². The predicted octanol–water partition coefficient (Wildman–Crippen LogP) is 1.92. The van der Waals surface area contributed by atoms with E-state index in [1.807, 2.05) is 0 Å². The van der Waals surface area contributed by atoms with Gasteiger partial charge in [-0.2, -0.15) is 0 Å². The van der Waals surface area contributed by atoms with Gasteiger partial charge in [-0.25, -0.2) is 0 Å². The summed E-state index contributed by atoms with van der Waals surface area (Å²) in [4.78, 5) is 11.8. The Morgan fingerprint density at radius 1 is 0.870 bits per heavy atom. The van der Waals surface area contributed by atoms with Crippen molar-refractivity contribution in [3.63, 3.8) is 0 Å². The molecule has 0 radical (unpaired) electrons. The Bertz CT molecular complexity index is 271. The Labute approximate surface area is 186 Å². The van der Waals surface area contributed by atoms with Gasteiger partial charge in [0.1, 0.15) is 0 Å². The van der Waals surface area contributed by atoms with Crippen LogP contribution in [0.3, 0.4) is 0 Å². The van der Waals surface area contributed by atoms with E-state index in [9.17, 15) is 9.46 Å². The zero-order valence-electron chi connectivity index (χ0n) is 15.7. The number of rotatable bonds is 14. The molecule has 4 nitrogen and oxygen atoms in total. The number of hydrogen-bond acceptors (Lipinski definition) is 4. The fourth-order valence-electron chi connectivity index (χ4n) is 2.23. The molecule has 0 bridgehead atoms. The number of unbranched alkanes of at least 4 members (excludes halogenated alkanes) is 2. The Balaban J connectivity index is -0.00000200. The molecule has 0 aromatic heterocycles. The average molecular weight is 381 g/mol. The molecule has 136 valence electrons. The third-order valence-corrected chi connectivity index (χ3v) is 4.95. The Morgan fingerprint density at radius 3 is 1.48 bits per heavy atom. The van der Waals surface area contributed by atoms with Crippen LogP contribution in [0.15, 0.2) is 0 Å². The molecule has 7 heteroatoms. The minimum atomic E-state index is -4.14. The molecule has 0 fully saturated rings. The summed E-state index contributed by atoms with van der Waals surface area (Å²) in [5, 5.41) is 0. The van der Waals surface area contributed by atoms with E-state index in [2.05, 4.69) is 27.7 Å². The Kier molecular flexibility index (Phi) is 23.6. The van der Waals surface area contributed by atoms with E-state index in [1.165, 1.54) is 0 Å². The molecule has 0 spiro atoms. The van der Waals surface area contributed by atoms with E-state index in [1.54, 1.807) is 0 Å². The van der Waals surface area contributed by atoms with Gasteiger partial charge in [-0.1, -0.05) is 66.2 Å². The van der Waals surface area contributed by atoms with Crippen LogP contribution in [0.5, 0.6) is 0 Å². The molecule has 23 heavy (non-hydrogen) atoms. The van der Waals surface area contributed by atoms with Crippen LogP contribution in [0.2, 0.25) is 0 Å². The first-order valence-electron chi connectivity index (χ1n) is 8.59. The van der Waals surface area contributed by atoms with E-state index in [-0.39, 0.29) is 70.7 Å². The molecule has 0 aliphatic rings. The number of phosphoric acid groups is 1. The average Bonchev–Trinajstić information content (AvgIpc) is 2.47. The summed E-state index contributed by atoms with van der Waals surface area (Å²) in [6.07, 6.45) is 8.38. The van der Waals surface area contributed by atoms with Crippen LogP contribution in [0.1, 0.15) is 79.1 Å². The normalized spacial score (nSPS) is 15.9. The van der Waals surface area contributed by atoms with Gasteiger partial charge in [-0.15, -0.1) is 0 Å². The summed E-state index contributed by atoms with van der Waals surface area (Å²) < 4.78 is 21.9. The van der Waals surface area contributed by atoms with Gasteiger partial charge >= 0.3 is 51.4 Å². The van der Waals surface area contributed by atoms with Crippen molar-refractivity contribution < 1.29 is 76.0 Å². The van der Waals surface area contributed by atoms with E-state index >= 15 is 0 Å². The summed E-state index contributed by atoms with van der Waals surface area (Å²) in [5.41, 5.74) is 0. The van der Waals surface area contributed by atoms with Crippen LogP contribution in [0, 0.1) is 18.0 Å². The molecular formula is C16H34KNeO4P. The summed E-state index contributed by atoms with van der Waals surface area (Å²) >= 11 is 0. The van der Waals surface area contributed by atoms with Crippen molar-refractivity contribution in [1.29, 1.82) is 0 Å². The van der Waals surface area contributed by atoms with Crippen molar-refractivity contribution >= 4 is 7.82 Å². The van der Waals surface area contributed by atoms with Crippen molar-refractivity contribution in [2.45, 2.75) is 79.1 Å². The van der Waals surface area contributed by atoms with Crippen LogP contribution in [0.4, 0.5) is 0 Å². The number of phosphoric ester groups is 1. The summed E-state index contributed by atoms with van der Waals surface area (Å²) in [5.74, 6) is 0.607. The van der Waals surface area contributed by atoms with Gasteiger partial charge in [0.2, 0.25) is 0 Å². The van der Waals surface area contributed by atoms with Gasteiger partial charge < -0.3 is 13.9 Å². The minimum Gasteiger partial charge on any atom is -0.756 e. The van der Waals surface area contributed by atoms with Gasteiger partial charge in [0.15, 0.2) is 0 Å². The molecule has 0 aliphatic heterocycles. The summed E-state index contributed by atoms with van der Waals surface area (Å²) in [6, 6.07) is 0. The monoisotopic (exact) mass is 380 g/mol. The topological polar surface area (TPSA) is 58.6 Å². The van der Waals surface area contributed by atoms with Crippen LogP contribution >= 0.6 is 7.82 Å². The second-order valence-electron chi connectivity index (χ2n) is 5.87. The van der Waals surface area contributed by atoms with Crippen molar-refractivity contribution in [1.82, 2.24) is 0 Å². The van der Waals surface area contributed by atoms with Gasteiger partial charge in [0.05, 0.1) is 13.2 Å². The first kappa shape index (κ1) is 29.4. The van der Waals surface area contributed by atoms with Gasteiger partial charge in [-0.05, 0) is 24.7 Å². The minimum absolute atomic E-state index is 0. The summed E-state index contributed by atoms with van der Waals surface area (Å²) in [6.45, 7) is 8.91. The van der Waals surface area contributed by atoms with Gasteiger partial charge in [0.25, 0.3) is 7.82 Å². The molecule has 0 aromatic carbocycles. The molecule has 0 aliphatic carbocycles. The standard InChI is InChI=1S/C16H35O4P.K.Ne/c1-5-9-11-15(7-3)13-19-21(17,18)20-14-16(8-4)12-10-6-2;;/h15-16H,5-14H2,1-4H3,(H,17,18);;/q;+1;/p-1. The van der Waals surface area contributed by atoms with Crippen LogP contribution in [-0.4, -0.2) is 13.2 Å². The van der Waals surface area contributed by atoms with E-state index in [4.69, 9.17) is 9.05 Å². The maximum Gasteiger partial charge on any atom is 1.00 e. The molecule has 0 saturated heterocycles. The SMILES string of the molecule is CCCCC(CC)COP(=O)([O-])OCC(CC)CCCC.[K+].[Ne]. The molecule has 2 unspecified atom stereocenters. The molecule has 2 atom stereocenters. The Hall–Kier alpha value is 1.66. The van der Waals surface area contributed by atoms with Crippen molar-refractivity contribution in [3.05, 3.63) is 0 Å². The zero-order chi connectivity index (χ0) is 16.1. The van der Waals surface area contributed by atoms with Gasteiger partial charge in [0, 0.05) is 6.15 Å². The molecule has 0 aromatic rings. The first-order chi connectivity index (χ1) is 9.99. The van der Waals surface area contributed by atoms with Gasteiger partial charge in [-0.3, -0.25) is 4.57 Å². The zero-order valence-corrected chi connectivity index (χ0v) is 19.7. The predicted molar refractivity (Wildman–Crippen MR) is 86.1 cm³/mol. The largest absolute Gasteiger partial charge is 1.00 e. The molecule has 0 amide bonds. The van der Waals surface area contributed by atoms with Crippen LogP contribution < -0.4 is 56.3 Å². The third-order valence-electron chi connectivity index (χ3n) is 4.02. The second-order valence-corrected chi connectivity index (χ2v) is 7.28. The molecule has 0 rings (SSSR count). The quantitative estimate of drug-likeness (QED) is 0.341. The van der Waals surface area contributed by atoms with E-state index < -0.39 is 7.82 Å². The molecular weight excluding hydrogens is 346 g/mol. The third kappa shape index (κ3) is 16.9. The maximum absolute atomic E-state index is 11.8. The van der Waals surface area contributed by atoms with Crippen molar-refractivity contribution in [2.75, 3.05) is 13.2 Å². The van der Waals surface area contributed by atoms with Crippen LogP contribution in [-0.2, 0) is 13.6 Å². The smallest absolute Gasteiger partial charge is 0.756 e. The fourth-order valence-corrected chi connectivity index (χ4v) is 3.09. The van der Waals surface area contributed by atoms with E-state index in [0.717, 1.165) is 51.4 Å². The molecule has 0 saturated carbocycles. The fraction of sp³-hybridized carbons (Fsp3) is 1.00.